The zero-order valence-corrected chi connectivity index (χ0v) is 9.96. The van der Waals surface area contributed by atoms with E-state index >= 15 is 0 Å². The summed E-state index contributed by atoms with van der Waals surface area (Å²) >= 11 is 0. The first-order valence-corrected chi connectivity index (χ1v) is 5.53. The molecule has 0 aliphatic heterocycles. The fourth-order valence-electron chi connectivity index (χ4n) is 1.66. The molecular formula is C13H15FN2O. The van der Waals surface area contributed by atoms with Gasteiger partial charge in [0.2, 0.25) is 0 Å². The molecule has 1 aromatic carbocycles. The van der Waals surface area contributed by atoms with Crippen LogP contribution in [0.1, 0.15) is 22.6 Å². The SMILES string of the molecule is Cc1cc(CNCc2cc(F)ccc2C)no1. The molecule has 2 aromatic rings. The fourth-order valence-corrected chi connectivity index (χ4v) is 1.66. The average molecular weight is 234 g/mol. The third-order valence-electron chi connectivity index (χ3n) is 2.61. The van der Waals surface area contributed by atoms with Crippen LogP contribution < -0.4 is 5.32 Å². The van der Waals surface area contributed by atoms with Crippen LogP contribution in [-0.2, 0) is 13.1 Å². The van der Waals surface area contributed by atoms with Gasteiger partial charge in [0.1, 0.15) is 11.6 Å². The number of aromatic nitrogens is 1. The average Bonchev–Trinajstić information content (AvgIpc) is 2.69. The van der Waals surface area contributed by atoms with Crippen LogP contribution in [0.15, 0.2) is 28.8 Å². The first-order chi connectivity index (χ1) is 8.15. The number of hydrogen-bond donors (Lipinski definition) is 1. The van der Waals surface area contributed by atoms with E-state index in [9.17, 15) is 4.39 Å². The highest BCUT2D eigenvalue weighted by atomic mass is 19.1. The Balaban J connectivity index is 1.91. The van der Waals surface area contributed by atoms with Gasteiger partial charge in [-0.2, -0.15) is 0 Å². The second kappa shape index (κ2) is 5.10. The topological polar surface area (TPSA) is 38.1 Å². The van der Waals surface area contributed by atoms with Gasteiger partial charge >= 0.3 is 0 Å². The van der Waals surface area contributed by atoms with E-state index < -0.39 is 0 Å². The molecule has 3 nitrogen and oxygen atoms in total. The molecule has 0 saturated carbocycles. The zero-order valence-electron chi connectivity index (χ0n) is 9.96. The predicted molar refractivity (Wildman–Crippen MR) is 62.9 cm³/mol. The predicted octanol–water partition coefficient (Wildman–Crippen LogP) is 2.72. The maximum atomic E-state index is 13.0. The lowest BCUT2D eigenvalue weighted by Crippen LogP contribution is -2.13. The monoisotopic (exact) mass is 234 g/mol. The molecule has 0 saturated heterocycles. The van der Waals surface area contributed by atoms with Gasteiger partial charge < -0.3 is 9.84 Å². The van der Waals surface area contributed by atoms with Crippen molar-refractivity contribution in [3.63, 3.8) is 0 Å². The Morgan fingerprint density at radius 1 is 1.24 bits per heavy atom. The Hall–Kier alpha value is -1.68. The Morgan fingerprint density at radius 2 is 2.06 bits per heavy atom. The maximum Gasteiger partial charge on any atom is 0.133 e. The highest BCUT2D eigenvalue weighted by Gasteiger charge is 2.02. The molecule has 0 fully saturated rings. The van der Waals surface area contributed by atoms with E-state index in [2.05, 4.69) is 10.5 Å². The molecule has 1 N–H and O–H groups in total. The molecule has 0 amide bonds. The van der Waals surface area contributed by atoms with Crippen molar-refractivity contribution in [1.82, 2.24) is 10.5 Å². The summed E-state index contributed by atoms with van der Waals surface area (Å²) in [6.07, 6.45) is 0. The van der Waals surface area contributed by atoms with E-state index in [1.807, 2.05) is 19.9 Å². The normalized spacial score (nSPS) is 10.8. The van der Waals surface area contributed by atoms with Crippen molar-refractivity contribution >= 4 is 0 Å². The van der Waals surface area contributed by atoms with E-state index in [1.54, 1.807) is 12.1 Å². The van der Waals surface area contributed by atoms with Gasteiger partial charge in [-0.25, -0.2) is 4.39 Å². The molecule has 4 heteroatoms. The Morgan fingerprint density at radius 3 is 2.76 bits per heavy atom. The molecule has 1 aromatic heterocycles. The van der Waals surface area contributed by atoms with E-state index in [1.165, 1.54) is 6.07 Å². The third kappa shape index (κ3) is 3.14. The molecule has 0 unspecified atom stereocenters. The van der Waals surface area contributed by atoms with E-state index in [-0.39, 0.29) is 5.82 Å². The lowest BCUT2D eigenvalue weighted by atomic mass is 10.1. The van der Waals surface area contributed by atoms with Crippen LogP contribution in [0.25, 0.3) is 0 Å². The molecule has 0 atom stereocenters. The Labute approximate surface area is 99.6 Å². The highest BCUT2D eigenvalue weighted by Crippen LogP contribution is 2.10. The van der Waals surface area contributed by atoms with Gasteiger partial charge in [0.05, 0.1) is 5.69 Å². The molecule has 0 spiro atoms. The quantitative estimate of drug-likeness (QED) is 0.883. The molecule has 90 valence electrons. The zero-order chi connectivity index (χ0) is 12.3. The summed E-state index contributed by atoms with van der Waals surface area (Å²) in [4.78, 5) is 0. The van der Waals surface area contributed by atoms with Crippen molar-refractivity contribution in [2.24, 2.45) is 0 Å². The lowest BCUT2D eigenvalue weighted by Gasteiger charge is -2.06. The molecule has 17 heavy (non-hydrogen) atoms. The summed E-state index contributed by atoms with van der Waals surface area (Å²) in [6.45, 7) is 5.06. The first-order valence-electron chi connectivity index (χ1n) is 5.53. The van der Waals surface area contributed by atoms with Crippen LogP contribution in [0.4, 0.5) is 4.39 Å². The van der Waals surface area contributed by atoms with E-state index in [4.69, 9.17) is 4.52 Å². The molecular weight excluding hydrogens is 219 g/mol. The third-order valence-corrected chi connectivity index (χ3v) is 2.61. The van der Waals surface area contributed by atoms with Crippen LogP contribution in [0.5, 0.6) is 0 Å². The van der Waals surface area contributed by atoms with Crippen molar-refractivity contribution < 1.29 is 8.91 Å². The minimum atomic E-state index is -0.204. The van der Waals surface area contributed by atoms with E-state index in [0.29, 0.717) is 13.1 Å². The standard InChI is InChI=1S/C13H15FN2O/c1-9-3-4-12(14)6-11(9)7-15-8-13-5-10(2)17-16-13/h3-6,15H,7-8H2,1-2H3. The highest BCUT2D eigenvalue weighted by molar-refractivity contribution is 5.26. The maximum absolute atomic E-state index is 13.0. The van der Waals surface area contributed by atoms with Gasteiger partial charge in [-0.3, -0.25) is 0 Å². The Kier molecular flexibility index (Phi) is 3.54. The summed E-state index contributed by atoms with van der Waals surface area (Å²) in [6, 6.07) is 6.69. The van der Waals surface area contributed by atoms with Crippen LogP contribution in [0, 0.1) is 19.7 Å². The molecule has 0 bridgehead atoms. The van der Waals surface area contributed by atoms with Crippen molar-refractivity contribution in [2.75, 3.05) is 0 Å². The van der Waals surface area contributed by atoms with Crippen LogP contribution in [-0.4, -0.2) is 5.16 Å². The minimum Gasteiger partial charge on any atom is -0.361 e. The number of hydrogen-bond acceptors (Lipinski definition) is 3. The fraction of sp³-hybridized carbons (Fsp3) is 0.308. The van der Waals surface area contributed by atoms with Gasteiger partial charge in [-0.1, -0.05) is 11.2 Å². The van der Waals surface area contributed by atoms with Gasteiger partial charge in [0.15, 0.2) is 0 Å². The molecule has 1 heterocycles. The number of aryl methyl sites for hydroxylation is 2. The molecule has 0 radical (unpaired) electrons. The lowest BCUT2D eigenvalue weighted by molar-refractivity contribution is 0.388. The summed E-state index contributed by atoms with van der Waals surface area (Å²) in [5.74, 6) is 0.591. The smallest absolute Gasteiger partial charge is 0.133 e. The molecule has 0 aliphatic rings. The Bertz CT molecular complexity index is 508. The van der Waals surface area contributed by atoms with Crippen LogP contribution in [0.2, 0.25) is 0 Å². The number of benzene rings is 1. The van der Waals surface area contributed by atoms with Gasteiger partial charge in [-0.15, -0.1) is 0 Å². The first kappa shape index (κ1) is 11.8. The van der Waals surface area contributed by atoms with Gasteiger partial charge in [0.25, 0.3) is 0 Å². The van der Waals surface area contributed by atoms with Gasteiger partial charge in [-0.05, 0) is 37.1 Å². The van der Waals surface area contributed by atoms with Crippen molar-refractivity contribution in [2.45, 2.75) is 26.9 Å². The summed E-state index contributed by atoms with van der Waals surface area (Å²) < 4.78 is 18.0. The molecule has 2 rings (SSSR count). The van der Waals surface area contributed by atoms with E-state index in [0.717, 1.165) is 22.6 Å². The van der Waals surface area contributed by atoms with Crippen LogP contribution >= 0.6 is 0 Å². The summed E-state index contributed by atoms with van der Waals surface area (Å²) in [5, 5.41) is 7.09. The largest absolute Gasteiger partial charge is 0.361 e. The van der Waals surface area contributed by atoms with Gasteiger partial charge in [0, 0.05) is 19.2 Å². The van der Waals surface area contributed by atoms with Crippen molar-refractivity contribution in [3.8, 4) is 0 Å². The number of rotatable bonds is 4. The second-order valence-corrected chi connectivity index (χ2v) is 4.10. The molecule has 0 aliphatic carbocycles. The van der Waals surface area contributed by atoms with Crippen molar-refractivity contribution in [1.29, 1.82) is 0 Å². The van der Waals surface area contributed by atoms with Crippen LogP contribution in [0.3, 0.4) is 0 Å². The van der Waals surface area contributed by atoms with Crippen molar-refractivity contribution in [3.05, 3.63) is 52.7 Å². The minimum absolute atomic E-state index is 0.204. The number of nitrogens with one attached hydrogen (secondary N) is 1. The second-order valence-electron chi connectivity index (χ2n) is 4.10. The number of nitrogens with zero attached hydrogens (tertiary/aromatic N) is 1. The number of halogens is 1. The summed E-state index contributed by atoms with van der Waals surface area (Å²) in [7, 11) is 0. The summed E-state index contributed by atoms with van der Waals surface area (Å²) in [5.41, 5.74) is 2.90.